The van der Waals surface area contributed by atoms with Crippen LogP contribution in [0.15, 0.2) is 18.2 Å². The standard InChI is InChI=1S/C14H19Cl2NO/c1-14(2,3)9-17(4)8-13(18)11-7-10(15)5-6-12(11)16/h5-7H,8-9H2,1-4H3. The number of likely N-dealkylation sites (N-methyl/N-ethyl adjacent to an activating group) is 1. The maximum atomic E-state index is 12.1. The van der Waals surface area contributed by atoms with Crippen molar-refractivity contribution in [2.24, 2.45) is 5.41 Å². The SMILES string of the molecule is CN(CC(=O)c1cc(Cl)ccc1Cl)CC(C)(C)C. The molecule has 0 atom stereocenters. The number of hydrogen-bond acceptors (Lipinski definition) is 2. The van der Waals surface area contributed by atoms with E-state index in [1.54, 1.807) is 18.2 Å². The van der Waals surface area contributed by atoms with Crippen molar-refractivity contribution < 1.29 is 4.79 Å². The first-order chi connectivity index (χ1) is 8.19. The maximum Gasteiger partial charge on any atom is 0.178 e. The monoisotopic (exact) mass is 287 g/mol. The van der Waals surface area contributed by atoms with Crippen LogP contribution in [0, 0.1) is 5.41 Å². The van der Waals surface area contributed by atoms with E-state index in [1.165, 1.54) is 0 Å². The van der Waals surface area contributed by atoms with Crippen molar-refractivity contribution in [2.45, 2.75) is 20.8 Å². The summed E-state index contributed by atoms with van der Waals surface area (Å²) in [4.78, 5) is 14.1. The van der Waals surface area contributed by atoms with Gasteiger partial charge >= 0.3 is 0 Å². The highest BCUT2D eigenvalue weighted by molar-refractivity contribution is 6.36. The molecule has 0 saturated heterocycles. The molecule has 1 aromatic rings. The first-order valence-electron chi connectivity index (χ1n) is 5.86. The highest BCUT2D eigenvalue weighted by Gasteiger charge is 2.18. The smallest absolute Gasteiger partial charge is 0.178 e. The van der Waals surface area contributed by atoms with Crippen LogP contribution < -0.4 is 0 Å². The fourth-order valence-electron chi connectivity index (χ4n) is 1.91. The summed E-state index contributed by atoms with van der Waals surface area (Å²) in [5, 5.41) is 0.981. The molecule has 0 spiro atoms. The molecule has 0 aliphatic rings. The van der Waals surface area contributed by atoms with Gasteiger partial charge < -0.3 is 0 Å². The van der Waals surface area contributed by atoms with Crippen LogP contribution in [-0.4, -0.2) is 30.8 Å². The third-order valence-electron chi connectivity index (χ3n) is 2.39. The fourth-order valence-corrected chi connectivity index (χ4v) is 2.30. The summed E-state index contributed by atoms with van der Waals surface area (Å²) < 4.78 is 0. The van der Waals surface area contributed by atoms with Crippen LogP contribution in [0.2, 0.25) is 10.0 Å². The molecule has 0 radical (unpaired) electrons. The number of Topliss-reactive ketones (excluding diaryl/α,β-unsaturated/α-hetero) is 1. The summed E-state index contributed by atoms with van der Waals surface area (Å²) in [5.41, 5.74) is 0.651. The van der Waals surface area contributed by atoms with Gasteiger partial charge in [-0.25, -0.2) is 0 Å². The first-order valence-corrected chi connectivity index (χ1v) is 6.61. The van der Waals surface area contributed by atoms with Gasteiger partial charge in [-0.2, -0.15) is 0 Å². The molecule has 0 unspecified atom stereocenters. The molecule has 0 aliphatic carbocycles. The number of benzene rings is 1. The van der Waals surface area contributed by atoms with Crippen molar-refractivity contribution in [1.82, 2.24) is 4.90 Å². The van der Waals surface area contributed by atoms with E-state index in [9.17, 15) is 4.79 Å². The topological polar surface area (TPSA) is 20.3 Å². The molecular formula is C14H19Cl2NO. The average molecular weight is 288 g/mol. The second-order valence-electron chi connectivity index (χ2n) is 5.78. The van der Waals surface area contributed by atoms with Gasteiger partial charge in [0.1, 0.15) is 0 Å². The van der Waals surface area contributed by atoms with E-state index < -0.39 is 0 Å². The molecule has 100 valence electrons. The van der Waals surface area contributed by atoms with Crippen molar-refractivity contribution >= 4 is 29.0 Å². The van der Waals surface area contributed by atoms with Crippen molar-refractivity contribution in [3.8, 4) is 0 Å². The number of rotatable bonds is 4. The molecule has 2 nitrogen and oxygen atoms in total. The van der Waals surface area contributed by atoms with Crippen LogP contribution >= 0.6 is 23.2 Å². The Labute approximate surface area is 119 Å². The highest BCUT2D eigenvalue weighted by atomic mass is 35.5. The Morgan fingerprint density at radius 1 is 1.28 bits per heavy atom. The first kappa shape index (κ1) is 15.5. The minimum Gasteiger partial charge on any atom is -0.298 e. The minimum atomic E-state index is -0.00532. The quantitative estimate of drug-likeness (QED) is 0.776. The van der Waals surface area contributed by atoms with Crippen molar-refractivity contribution in [3.05, 3.63) is 33.8 Å². The largest absolute Gasteiger partial charge is 0.298 e. The fraction of sp³-hybridized carbons (Fsp3) is 0.500. The Bertz CT molecular complexity index is 438. The van der Waals surface area contributed by atoms with Crippen LogP contribution in [0.4, 0.5) is 0 Å². The van der Waals surface area contributed by atoms with Gasteiger partial charge in [0, 0.05) is 17.1 Å². The van der Waals surface area contributed by atoms with Crippen molar-refractivity contribution in [2.75, 3.05) is 20.1 Å². The lowest BCUT2D eigenvalue weighted by atomic mass is 9.96. The molecule has 1 rings (SSSR count). The Morgan fingerprint density at radius 2 is 1.89 bits per heavy atom. The van der Waals surface area contributed by atoms with Crippen LogP contribution in [0.5, 0.6) is 0 Å². The molecular weight excluding hydrogens is 269 g/mol. The summed E-state index contributed by atoms with van der Waals surface area (Å²) in [6.45, 7) is 7.61. The lowest BCUT2D eigenvalue weighted by Crippen LogP contribution is -2.33. The lowest BCUT2D eigenvalue weighted by Gasteiger charge is -2.26. The molecule has 0 bridgehead atoms. The van der Waals surface area contributed by atoms with E-state index in [2.05, 4.69) is 20.8 Å². The summed E-state index contributed by atoms with van der Waals surface area (Å²) in [5.74, 6) is -0.00532. The molecule has 0 fully saturated rings. The average Bonchev–Trinajstić information content (AvgIpc) is 2.18. The van der Waals surface area contributed by atoms with E-state index in [-0.39, 0.29) is 11.2 Å². The molecule has 0 saturated carbocycles. The zero-order valence-corrected chi connectivity index (χ0v) is 12.8. The Hall–Kier alpha value is -0.570. The molecule has 0 N–H and O–H groups in total. The van der Waals surface area contributed by atoms with E-state index >= 15 is 0 Å². The second kappa shape index (κ2) is 6.05. The van der Waals surface area contributed by atoms with Crippen molar-refractivity contribution in [1.29, 1.82) is 0 Å². The van der Waals surface area contributed by atoms with Gasteiger partial charge in [-0.1, -0.05) is 44.0 Å². The molecule has 0 aromatic heterocycles. The minimum absolute atomic E-state index is 0.00532. The second-order valence-corrected chi connectivity index (χ2v) is 6.62. The molecule has 0 amide bonds. The number of nitrogens with zero attached hydrogens (tertiary/aromatic N) is 1. The zero-order chi connectivity index (χ0) is 13.9. The molecule has 0 heterocycles. The zero-order valence-electron chi connectivity index (χ0n) is 11.3. The number of ketones is 1. The number of carbonyl (C=O) groups excluding carboxylic acids is 1. The van der Waals surface area contributed by atoms with Gasteiger partial charge in [0.15, 0.2) is 5.78 Å². The van der Waals surface area contributed by atoms with Gasteiger partial charge in [-0.15, -0.1) is 0 Å². The summed E-state index contributed by atoms with van der Waals surface area (Å²) in [6.07, 6.45) is 0. The predicted octanol–water partition coefficient (Wildman–Crippen LogP) is 4.15. The number of halogens is 2. The van der Waals surface area contributed by atoms with Crippen LogP contribution in [0.3, 0.4) is 0 Å². The van der Waals surface area contributed by atoms with Gasteiger partial charge in [-0.3, -0.25) is 9.69 Å². The molecule has 1 aromatic carbocycles. The Balaban J connectivity index is 2.74. The number of carbonyl (C=O) groups is 1. The van der Waals surface area contributed by atoms with Gasteiger partial charge in [-0.05, 0) is 30.7 Å². The molecule has 4 heteroatoms. The number of hydrogen-bond donors (Lipinski definition) is 0. The van der Waals surface area contributed by atoms with E-state index in [0.29, 0.717) is 22.2 Å². The molecule has 0 aliphatic heterocycles. The van der Waals surface area contributed by atoms with Crippen LogP contribution in [-0.2, 0) is 0 Å². The Kier molecular flexibility index (Phi) is 5.20. The summed E-state index contributed by atoms with van der Waals surface area (Å²) in [6, 6.07) is 4.96. The third kappa shape index (κ3) is 4.97. The maximum absolute atomic E-state index is 12.1. The summed E-state index contributed by atoms with van der Waals surface area (Å²) in [7, 11) is 1.93. The van der Waals surface area contributed by atoms with E-state index in [4.69, 9.17) is 23.2 Å². The van der Waals surface area contributed by atoms with Crippen molar-refractivity contribution in [3.63, 3.8) is 0 Å². The van der Waals surface area contributed by atoms with E-state index in [1.807, 2.05) is 11.9 Å². The summed E-state index contributed by atoms with van der Waals surface area (Å²) >= 11 is 11.9. The lowest BCUT2D eigenvalue weighted by molar-refractivity contribution is 0.0927. The van der Waals surface area contributed by atoms with E-state index in [0.717, 1.165) is 6.54 Å². The highest BCUT2D eigenvalue weighted by Crippen LogP contribution is 2.22. The normalized spacial score (nSPS) is 11.9. The third-order valence-corrected chi connectivity index (χ3v) is 2.95. The van der Waals surface area contributed by atoms with Crippen LogP contribution in [0.1, 0.15) is 31.1 Å². The van der Waals surface area contributed by atoms with Gasteiger partial charge in [0.2, 0.25) is 0 Å². The Morgan fingerprint density at radius 3 is 2.44 bits per heavy atom. The predicted molar refractivity (Wildman–Crippen MR) is 77.7 cm³/mol. The molecule has 18 heavy (non-hydrogen) atoms. The van der Waals surface area contributed by atoms with Gasteiger partial charge in [0.05, 0.1) is 11.6 Å². The van der Waals surface area contributed by atoms with Gasteiger partial charge in [0.25, 0.3) is 0 Å². The van der Waals surface area contributed by atoms with Crippen LogP contribution in [0.25, 0.3) is 0 Å².